The summed E-state index contributed by atoms with van der Waals surface area (Å²) in [6.07, 6.45) is 5.91. The average molecular weight is 606 g/mol. The van der Waals surface area contributed by atoms with Crippen LogP contribution >= 0.6 is 0 Å². The number of hydrogen-bond donors (Lipinski definition) is 2. The van der Waals surface area contributed by atoms with Gasteiger partial charge in [0.2, 0.25) is 0 Å². The van der Waals surface area contributed by atoms with Crippen LogP contribution in [-0.2, 0) is 22.8 Å². The van der Waals surface area contributed by atoms with E-state index in [-0.39, 0.29) is 5.56 Å². The Morgan fingerprint density at radius 3 is 2.07 bits per heavy atom. The standard InChI is InChI=1S/C31H44FNO8Si/c1-4-39-42(40-5-2,41-6-3)23-11-20-33-31(36)38-22-10-8-7-9-21-37-28-17-14-25(15-18-28)27-13-12-26(29(32)24-27)16-19-30(34)35/h12-19,24H,4-11,20-23H2,1-3H3,(H,33,36)(H,34,35)/b19-16+. The first kappa shape index (κ1) is 34.9. The van der Waals surface area contributed by atoms with Crippen LogP contribution in [-0.4, -0.2) is 65.6 Å². The van der Waals surface area contributed by atoms with Gasteiger partial charge in [0.1, 0.15) is 11.6 Å². The summed E-state index contributed by atoms with van der Waals surface area (Å²) >= 11 is 0. The Hall–Kier alpha value is -3.25. The first-order chi connectivity index (χ1) is 20.3. The first-order valence-corrected chi connectivity index (χ1v) is 16.5. The van der Waals surface area contributed by atoms with Crippen molar-refractivity contribution in [2.45, 2.75) is 58.9 Å². The van der Waals surface area contributed by atoms with E-state index in [1.807, 2.05) is 45.0 Å². The molecule has 0 bridgehead atoms. The molecule has 0 radical (unpaired) electrons. The largest absolute Gasteiger partial charge is 0.500 e. The second-order valence-electron chi connectivity index (χ2n) is 9.34. The summed E-state index contributed by atoms with van der Waals surface area (Å²) in [5, 5.41) is 11.5. The third kappa shape index (κ3) is 13.2. The lowest BCUT2D eigenvalue weighted by Gasteiger charge is -2.28. The number of carboxylic acid groups (broad SMARTS) is 1. The van der Waals surface area contributed by atoms with Gasteiger partial charge in [-0.3, -0.25) is 0 Å². The molecule has 0 atom stereocenters. The molecule has 0 fully saturated rings. The topological polar surface area (TPSA) is 113 Å². The van der Waals surface area contributed by atoms with Crippen LogP contribution in [0.15, 0.2) is 48.5 Å². The number of unbranched alkanes of at least 4 members (excludes halogenated alkanes) is 3. The van der Waals surface area contributed by atoms with E-state index >= 15 is 0 Å². The van der Waals surface area contributed by atoms with Gasteiger partial charge in [0.05, 0.1) is 13.2 Å². The van der Waals surface area contributed by atoms with Gasteiger partial charge in [-0.15, -0.1) is 0 Å². The van der Waals surface area contributed by atoms with Crippen molar-refractivity contribution >= 4 is 26.9 Å². The van der Waals surface area contributed by atoms with Crippen molar-refractivity contribution in [2.24, 2.45) is 0 Å². The Labute approximate surface area is 249 Å². The molecule has 0 saturated carbocycles. The smallest absolute Gasteiger partial charge is 0.494 e. The number of nitrogens with one attached hydrogen (secondary N) is 1. The lowest BCUT2D eigenvalue weighted by Crippen LogP contribution is -2.46. The number of carboxylic acids is 1. The number of amides is 1. The highest BCUT2D eigenvalue weighted by Gasteiger charge is 2.39. The van der Waals surface area contributed by atoms with Crippen LogP contribution < -0.4 is 10.1 Å². The van der Waals surface area contributed by atoms with Gasteiger partial charge in [-0.25, -0.2) is 14.0 Å². The van der Waals surface area contributed by atoms with Crippen LogP contribution in [0.5, 0.6) is 5.75 Å². The summed E-state index contributed by atoms with van der Waals surface area (Å²) in [6, 6.07) is 12.7. The molecule has 2 rings (SSSR count). The van der Waals surface area contributed by atoms with E-state index in [0.717, 1.165) is 43.1 Å². The van der Waals surface area contributed by atoms with Crippen molar-refractivity contribution < 1.29 is 41.8 Å². The number of aliphatic carboxylic acids is 1. The van der Waals surface area contributed by atoms with E-state index in [0.29, 0.717) is 57.6 Å². The highest BCUT2D eigenvalue weighted by Crippen LogP contribution is 2.25. The zero-order chi connectivity index (χ0) is 30.6. The maximum absolute atomic E-state index is 14.3. The number of halogens is 1. The SMILES string of the molecule is CCO[Si](CCCNC(=O)OCCCCCCOc1ccc(-c2ccc(/C=C/C(=O)O)c(F)c2)cc1)(OCC)OCC. The van der Waals surface area contributed by atoms with E-state index in [9.17, 15) is 14.0 Å². The summed E-state index contributed by atoms with van der Waals surface area (Å²) in [5.74, 6) is -0.889. The quantitative estimate of drug-likeness (QED) is 0.0919. The molecule has 0 aromatic heterocycles. The van der Waals surface area contributed by atoms with Gasteiger partial charge in [0, 0.05) is 44.0 Å². The Bertz CT molecular complexity index is 1100. The van der Waals surface area contributed by atoms with Crippen molar-refractivity contribution in [2.75, 3.05) is 39.6 Å². The summed E-state index contributed by atoms with van der Waals surface area (Å²) in [7, 11) is -2.69. The minimum atomic E-state index is -2.69. The zero-order valence-electron chi connectivity index (χ0n) is 24.9. The molecule has 42 heavy (non-hydrogen) atoms. The van der Waals surface area contributed by atoms with Gasteiger partial charge in [-0.1, -0.05) is 24.3 Å². The average Bonchev–Trinajstić information content (AvgIpc) is 2.97. The monoisotopic (exact) mass is 605 g/mol. The van der Waals surface area contributed by atoms with E-state index in [1.165, 1.54) is 12.1 Å². The second-order valence-corrected chi connectivity index (χ2v) is 12.1. The predicted octanol–water partition coefficient (Wildman–Crippen LogP) is 6.69. The molecule has 0 aliphatic heterocycles. The summed E-state index contributed by atoms with van der Waals surface area (Å²) in [6.45, 7) is 8.73. The van der Waals surface area contributed by atoms with E-state index in [1.54, 1.807) is 12.1 Å². The zero-order valence-corrected chi connectivity index (χ0v) is 25.9. The molecule has 2 aromatic rings. The number of alkyl carbamates (subject to hydrolysis) is 1. The maximum atomic E-state index is 14.3. The third-order valence-corrected chi connectivity index (χ3v) is 9.31. The number of rotatable bonds is 21. The van der Waals surface area contributed by atoms with Gasteiger partial charge >= 0.3 is 20.9 Å². The maximum Gasteiger partial charge on any atom is 0.500 e. The molecule has 9 nitrogen and oxygen atoms in total. The number of carbonyl (C=O) groups is 2. The predicted molar refractivity (Wildman–Crippen MR) is 162 cm³/mol. The van der Waals surface area contributed by atoms with Crippen LogP contribution in [0.1, 0.15) is 58.4 Å². The highest BCUT2D eigenvalue weighted by atomic mass is 28.4. The lowest BCUT2D eigenvalue weighted by molar-refractivity contribution is -0.131. The molecule has 0 spiro atoms. The van der Waals surface area contributed by atoms with Crippen molar-refractivity contribution in [3.05, 3.63) is 59.9 Å². The van der Waals surface area contributed by atoms with Crippen LogP contribution in [0.25, 0.3) is 17.2 Å². The number of ether oxygens (including phenoxy) is 2. The lowest BCUT2D eigenvalue weighted by atomic mass is 10.0. The Balaban J connectivity index is 1.57. The van der Waals surface area contributed by atoms with Gasteiger partial charge in [-0.05, 0) is 88.3 Å². The molecule has 2 aromatic carbocycles. The molecule has 0 aliphatic carbocycles. The van der Waals surface area contributed by atoms with Crippen molar-refractivity contribution in [3.63, 3.8) is 0 Å². The summed E-state index contributed by atoms with van der Waals surface area (Å²) < 4.78 is 42.8. The van der Waals surface area contributed by atoms with Crippen LogP contribution in [0.2, 0.25) is 6.04 Å². The summed E-state index contributed by atoms with van der Waals surface area (Å²) in [5.41, 5.74) is 1.74. The molecular formula is C31H44FNO8Si. The van der Waals surface area contributed by atoms with E-state index in [4.69, 9.17) is 27.9 Å². The van der Waals surface area contributed by atoms with Gasteiger partial charge < -0.3 is 33.2 Å². The van der Waals surface area contributed by atoms with Crippen LogP contribution in [0.4, 0.5) is 9.18 Å². The normalized spacial score (nSPS) is 11.5. The molecule has 0 heterocycles. The molecule has 11 heteroatoms. The minimum absolute atomic E-state index is 0.216. The highest BCUT2D eigenvalue weighted by molar-refractivity contribution is 6.60. The number of hydrogen-bond acceptors (Lipinski definition) is 7. The molecular weight excluding hydrogens is 561 g/mol. The van der Waals surface area contributed by atoms with Crippen molar-refractivity contribution in [1.82, 2.24) is 5.32 Å². The Morgan fingerprint density at radius 1 is 0.857 bits per heavy atom. The van der Waals surface area contributed by atoms with Gasteiger partial charge in [0.15, 0.2) is 0 Å². The van der Waals surface area contributed by atoms with Crippen LogP contribution in [0, 0.1) is 5.82 Å². The fourth-order valence-corrected chi connectivity index (χ4v) is 6.82. The molecule has 2 N–H and O–H groups in total. The fourth-order valence-electron chi connectivity index (χ4n) is 4.21. The summed E-state index contributed by atoms with van der Waals surface area (Å²) in [4.78, 5) is 22.6. The fraction of sp³-hybridized carbons (Fsp3) is 0.484. The van der Waals surface area contributed by atoms with Crippen molar-refractivity contribution in [1.29, 1.82) is 0 Å². The Morgan fingerprint density at radius 2 is 1.48 bits per heavy atom. The minimum Gasteiger partial charge on any atom is -0.494 e. The van der Waals surface area contributed by atoms with Gasteiger partial charge in [0.25, 0.3) is 0 Å². The molecule has 1 amide bonds. The van der Waals surface area contributed by atoms with Crippen LogP contribution in [0.3, 0.4) is 0 Å². The molecule has 0 saturated heterocycles. The van der Waals surface area contributed by atoms with E-state index in [2.05, 4.69) is 5.32 Å². The molecule has 0 aliphatic rings. The number of benzene rings is 2. The third-order valence-electron chi connectivity index (χ3n) is 6.16. The second kappa shape index (κ2) is 19.8. The van der Waals surface area contributed by atoms with Crippen molar-refractivity contribution in [3.8, 4) is 16.9 Å². The van der Waals surface area contributed by atoms with Gasteiger partial charge in [-0.2, -0.15) is 0 Å². The molecule has 0 unspecified atom stereocenters. The molecule has 232 valence electrons. The Kier molecular flexibility index (Phi) is 16.5. The first-order valence-electron chi connectivity index (χ1n) is 14.6. The number of carbonyl (C=O) groups excluding carboxylic acids is 1. The van der Waals surface area contributed by atoms with E-state index < -0.39 is 26.7 Å².